The molecule has 0 N–H and O–H groups in total. The van der Waals surface area contributed by atoms with Crippen LogP contribution in [-0.2, 0) is 28.6 Å². The van der Waals surface area contributed by atoms with Crippen LogP contribution in [0.5, 0.6) is 0 Å². The fraction of sp³-hybridized carbons (Fsp3) is 0.952. The predicted octanol–water partition coefficient (Wildman–Crippen LogP) is 21.1. The van der Waals surface area contributed by atoms with Crippen molar-refractivity contribution in [3.8, 4) is 0 Å². The first kappa shape index (κ1) is 67.4. The fourth-order valence-corrected chi connectivity index (χ4v) is 9.86. The van der Waals surface area contributed by atoms with Gasteiger partial charge in [0, 0.05) is 19.3 Å². The quantitative estimate of drug-likeness (QED) is 0.0343. The van der Waals surface area contributed by atoms with Crippen LogP contribution in [0, 0.1) is 0 Å². The summed E-state index contributed by atoms with van der Waals surface area (Å²) in [4.78, 5) is 38.2. The molecule has 0 amide bonds. The van der Waals surface area contributed by atoms with E-state index in [1.54, 1.807) is 0 Å². The van der Waals surface area contributed by atoms with E-state index in [0.717, 1.165) is 57.8 Å². The van der Waals surface area contributed by atoms with Crippen molar-refractivity contribution in [2.75, 3.05) is 13.2 Å². The van der Waals surface area contributed by atoms with E-state index in [1.165, 1.54) is 270 Å². The first-order valence-corrected chi connectivity index (χ1v) is 31.5. The number of esters is 3. The Morgan fingerprint density at radius 1 is 0.232 bits per heavy atom. The molecule has 0 aromatic carbocycles. The standard InChI is InChI=1S/C63H122O6/c1-4-7-10-13-16-19-22-25-27-28-29-30-31-32-33-34-35-36-37-39-41-44-47-50-53-56-62(65)68-59-60(58-67-61(64)55-52-49-46-43-40-24-21-18-15-12-9-6-3)69-63(66)57-54-51-48-45-42-38-26-23-20-17-14-11-8-5-2/h60H,4-59H2,1-3H3. The molecule has 0 heterocycles. The van der Waals surface area contributed by atoms with Crippen molar-refractivity contribution in [3.05, 3.63) is 0 Å². The Hall–Kier alpha value is -1.59. The molecule has 6 heteroatoms. The van der Waals surface area contributed by atoms with Gasteiger partial charge in [-0.15, -0.1) is 0 Å². The van der Waals surface area contributed by atoms with Crippen molar-refractivity contribution in [3.63, 3.8) is 0 Å². The Morgan fingerprint density at radius 3 is 0.580 bits per heavy atom. The Kier molecular flexibility index (Phi) is 57.6. The first-order chi connectivity index (χ1) is 34.0. The monoisotopic (exact) mass is 975 g/mol. The molecule has 1 unspecified atom stereocenters. The van der Waals surface area contributed by atoms with E-state index >= 15 is 0 Å². The topological polar surface area (TPSA) is 78.9 Å². The van der Waals surface area contributed by atoms with E-state index in [2.05, 4.69) is 20.8 Å². The Bertz CT molecular complexity index is 1030. The smallest absolute Gasteiger partial charge is 0.306 e. The average molecular weight is 976 g/mol. The number of hydrogen-bond acceptors (Lipinski definition) is 6. The lowest BCUT2D eigenvalue weighted by atomic mass is 10.0. The van der Waals surface area contributed by atoms with Gasteiger partial charge in [-0.2, -0.15) is 0 Å². The van der Waals surface area contributed by atoms with Crippen molar-refractivity contribution < 1.29 is 28.6 Å². The van der Waals surface area contributed by atoms with Gasteiger partial charge in [0.05, 0.1) is 0 Å². The Morgan fingerprint density at radius 2 is 0.391 bits per heavy atom. The van der Waals surface area contributed by atoms with Crippen molar-refractivity contribution in [1.82, 2.24) is 0 Å². The van der Waals surface area contributed by atoms with Crippen LogP contribution in [0.25, 0.3) is 0 Å². The summed E-state index contributed by atoms with van der Waals surface area (Å²) in [5, 5.41) is 0. The van der Waals surface area contributed by atoms with Crippen LogP contribution in [0.4, 0.5) is 0 Å². The van der Waals surface area contributed by atoms with Gasteiger partial charge < -0.3 is 14.2 Å². The molecule has 0 aliphatic rings. The molecule has 0 aromatic heterocycles. The van der Waals surface area contributed by atoms with E-state index in [4.69, 9.17) is 14.2 Å². The molecule has 6 nitrogen and oxygen atoms in total. The van der Waals surface area contributed by atoms with Crippen LogP contribution < -0.4 is 0 Å². The third-order valence-electron chi connectivity index (χ3n) is 14.6. The van der Waals surface area contributed by atoms with Gasteiger partial charge in [0.1, 0.15) is 13.2 Å². The highest BCUT2D eigenvalue weighted by Crippen LogP contribution is 2.18. The van der Waals surface area contributed by atoms with E-state index in [1.807, 2.05) is 0 Å². The summed E-state index contributed by atoms with van der Waals surface area (Å²) in [6.45, 7) is 6.71. The summed E-state index contributed by atoms with van der Waals surface area (Å²) < 4.78 is 16.9. The second-order valence-corrected chi connectivity index (χ2v) is 21.7. The lowest BCUT2D eigenvalue weighted by molar-refractivity contribution is -0.167. The average Bonchev–Trinajstić information content (AvgIpc) is 3.35. The highest BCUT2D eigenvalue weighted by atomic mass is 16.6. The van der Waals surface area contributed by atoms with Crippen LogP contribution in [0.1, 0.15) is 367 Å². The van der Waals surface area contributed by atoms with Crippen molar-refractivity contribution in [1.29, 1.82) is 0 Å². The van der Waals surface area contributed by atoms with Crippen LogP contribution in [0.3, 0.4) is 0 Å². The molecule has 69 heavy (non-hydrogen) atoms. The summed E-state index contributed by atoms with van der Waals surface area (Å²) in [6, 6.07) is 0. The van der Waals surface area contributed by atoms with Crippen molar-refractivity contribution in [2.24, 2.45) is 0 Å². The molecule has 0 radical (unpaired) electrons. The summed E-state index contributed by atoms with van der Waals surface area (Å²) in [5.41, 5.74) is 0. The van der Waals surface area contributed by atoms with E-state index in [-0.39, 0.29) is 31.1 Å². The molecule has 0 spiro atoms. The summed E-state index contributed by atoms with van der Waals surface area (Å²) in [7, 11) is 0. The van der Waals surface area contributed by atoms with Crippen LogP contribution in [0.15, 0.2) is 0 Å². The molecule has 0 bridgehead atoms. The third-order valence-corrected chi connectivity index (χ3v) is 14.6. The highest BCUT2D eigenvalue weighted by molar-refractivity contribution is 5.71. The largest absolute Gasteiger partial charge is 0.462 e. The number of rotatable bonds is 59. The van der Waals surface area contributed by atoms with E-state index in [0.29, 0.717) is 19.3 Å². The Balaban J connectivity index is 4.15. The zero-order valence-electron chi connectivity index (χ0n) is 47.1. The minimum Gasteiger partial charge on any atom is -0.462 e. The predicted molar refractivity (Wildman–Crippen MR) is 298 cm³/mol. The van der Waals surface area contributed by atoms with Crippen LogP contribution in [0.2, 0.25) is 0 Å². The number of carbonyl (C=O) groups excluding carboxylic acids is 3. The summed E-state index contributed by atoms with van der Waals surface area (Å²) in [6.07, 6.45) is 66.9. The molecule has 0 saturated heterocycles. The molecule has 410 valence electrons. The van der Waals surface area contributed by atoms with Gasteiger partial charge in [-0.1, -0.05) is 329 Å². The maximum absolute atomic E-state index is 12.8. The van der Waals surface area contributed by atoms with Crippen LogP contribution in [-0.4, -0.2) is 37.2 Å². The third kappa shape index (κ3) is 57.2. The maximum Gasteiger partial charge on any atom is 0.306 e. The summed E-state index contributed by atoms with van der Waals surface area (Å²) >= 11 is 0. The van der Waals surface area contributed by atoms with Gasteiger partial charge in [-0.3, -0.25) is 14.4 Å². The summed E-state index contributed by atoms with van der Waals surface area (Å²) in [5.74, 6) is -0.830. The van der Waals surface area contributed by atoms with Gasteiger partial charge >= 0.3 is 17.9 Å². The van der Waals surface area contributed by atoms with Gasteiger partial charge in [0.25, 0.3) is 0 Å². The number of ether oxygens (including phenoxy) is 3. The number of carbonyl (C=O) groups is 3. The van der Waals surface area contributed by atoms with Gasteiger partial charge in [0.15, 0.2) is 6.10 Å². The Labute approximate surface area is 431 Å². The lowest BCUT2D eigenvalue weighted by Crippen LogP contribution is -2.30. The highest BCUT2D eigenvalue weighted by Gasteiger charge is 2.19. The molecule has 1 atom stereocenters. The molecule has 0 rings (SSSR count). The molecule has 0 aliphatic heterocycles. The zero-order chi connectivity index (χ0) is 50.0. The second kappa shape index (κ2) is 59.0. The fourth-order valence-electron chi connectivity index (χ4n) is 9.86. The van der Waals surface area contributed by atoms with Crippen LogP contribution >= 0.6 is 0 Å². The lowest BCUT2D eigenvalue weighted by Gasteiger charge is -2.18. The van der Waals surface area contributed by atoms with E-state index < -0.39 is 6.10 Å². The first-order valence-electron chi connectivity index (χ1n) is 31.5. The molecule has 0 saturated carbocycles. The van der Waals surface area contributed by atoms with Gasteiger partial charge in [-0.05, 0) is 19.3 Å². The molecule has 0 fully saturated rings. The normalized spacial score (nSPS) is 11.9. The SMILES string of the molecule is CCCCCCCCCCCCCCCCCCCCCCCCCCCC(=O)OCC(COC(=O)CCCCCCCCCCCCCC)OC(=O)CCCCCCCCCCCCCCCC. The molecule has 0 aliphatic carbocycles. The van der Waals surface area contributed by atoms with Crippen molar-refractivity contribution >= 4 is 17.9 Å². The number of unbranched alkanes of at least 4 members (excludes halogenated alkanes) is 48. The minimum atomic E-state index is -0.761. The second-order valence-electron chi connectivity index (χ2n) is 21.7. The zero-order valence-corrected chi connectivity index (χ0v) is 47.1. The van der Waals surface area contributed by atoms with E-state index in [9.17, 15) is 14.4 Å². The molecular formula is C63H122O6. The van der Waals surface area contributed by atoms with Gasteiger partial charge in [0.2, 0.25) is 0 Å². The minimum absolute atomic E-state index is 0.0609. The van der Waals surface area contributed by atoms with Crippen molar-refractivity contribution in [2.45, 2.75) is 374 Å². The molecule has 0 aromatic rings. The molecular weight excluding hydrogens is 853 g/mol. The van der Waals surface area contributed by atoms with Gasteiger partial charge in [-0.25, -0.2) is 0 Å². The maximum atomic E-state index is 12.8. The number of hydrogen-bond donors (Lipinski definition) is 0.